The van der Waals surface area contributed by atoms with E-state index in [1.165, 1.54) is 10.8 Å². The predicted molar refractivity (Wildman–Crippen MR) is 165 cm³/mol. The van der Waals surface area contributed by atoms with Gasteiger partial charge < -0.3 is 13.7 Å². The van der Waals surface area contributed by atoms with Crippen molar-refractivity contribution in [3.8, 4) is 39.4 Å². The number of benzene rings is 6. The van der Waals surface area contributed by atoms with E-state index in [0.717, 1.165) is 50.5 Å². The number of ether oxygens (including phenoxy) is 1. The second-order valence-corrected chi connectivity index (χ2v) is 10.5. The smallest absolute Gasteiger partial charge is 0.200 e. The molecule has 0 radical (unpaired) electrons. The third kappa shape index (κ3) is 3.19. The van der Waals surface area contributed by atoms with Crippen molar-refractivity contribution in [1.82, 2.24) is 4.57 Å². The Hall–Kier alpha value is -5.61. The van der Waals surface area contributed by atoms with Crippen LogP contribution in [0.5, 0.6) is 11.5 Å². The van der Waals surface area contributed by atoms with E-state index in [4.69, 9.17) is 9.15 Å². The molecule has 4 heteroatoms. The van der Waals surface area contributed by atoms with Gasteiger partial charge in [-0.25, -0.2) is 0 Å². The molecule has 0 atom stereocenters. The minimum absolute atomic E-state index is 0.0102. The van der Waals surface area contributed by atoms with Gasteiger partial charge in [0, 0.05) is 10.8 Å². The molecule has 41 heavy (non-hydrogen) atoms. The van der Waals surface area contributed by atoms with E-state index >= 15 is 0 Å². The van der Waals surface area contributed by atoms with Crippen LogP contribution in [0, 0.1) is 0 Å². The lowest BCUT2D eigenvalue weighted by atomic mass is 9.97. The first-order chi connectivity index (χ1) is 20.2. The fourth-order valence-corrected chi connectivity index (χ4v) is 6.26. The standard InChI is InChI=1S/C37H21NO3/c39-37-27-9-1-3-12-32(27)40-33-18-16-25(21-29(33)37)23-8-5-7-22(19-23)24-15-17-30-28(20-24)26-10-6-14-35-36(26)38(30)31-11-2-4-13-34(31)41-35/h1-21H. The number of rotatable bonds is 2. The first kappa shape index (κ1) is 22.2. The van der Waals surface area contributed by atoms with Crippen LogP contribution in [0.4, 0.5) is 0 Å². The third-order valence-corrected chi connectivity index (χ3v) is 8.18. The third-order valence-electron chi connectivity index (χ3n) is 8.18. The van der Waals surface area contributed by atoms with Gasteiger partial charge in [-0.3, -0.25) is 4.79 Å². The molecule has 0 saturated carbocycles. The Bertz CT molecular complexity index is 2430. The molecule has 0 fully saturated rings. The largest absolute Gasteiger partial charge is 0.456 e. The number of fused-ring (bicyclic) bond motifs is 7. The molecule has 0 spiro atoms. The molecule has 0 amide bonds. The Morgan fingerprint density at radius 2 is 1.15 bits per heavy atom. The second-order valence-electron chi connectivity index (χ2n) is 10.5. The molecular formula is C37H21NO3. The van der Waals surface area contributed by atoms with E-state index in [9.17, 15) is 4.79 Å². The van der Waals surface area contributed by atoms with E-state index in [1.54, 1.807) is 0 Å². The van der Waals surface area contributed by atoms with Gasteiger partial charge in [-0.15, -0.1) is 0 Å². The van der Waals surface area contributed by atoms with Gasteiger partial charge in [0.2, 0.25) is 5.43 Å². The van der Waals surface area contributed by atoms with Crippen LogP contribution in [-0.4, -0.2) is 4.57 Å². The molecule has 4 nitrogen and oxygen atoms in total. The fourth-order valence-electron chi connectivity index (χ4n) is 6.26. The lowest BCUT2D eigenvalue weighted by Crippen LogP contribution is -2.03. The molecule has 8 aromatic rings. The summed E-state index contributed by atoms with van der Waals surface area (Å²) in [5.41, 5.74) is 8.74. The van der Waals surface area contributed by atoms with Crippen molar-refractivity contribution in [2.24, 2.45) is 0 Å². The summed E-state index contributed by atoms with van der Waals surface area (Å²) in [6.07, 6.45) is 0. The Balaban J connectivity index is 1.20. The summed E-state index contributed by atoms with van der Waals surface area (Å²) in [6.45, 7) is 0. The number of nitrogens with zero attached hydrogens (tertiary/aromatic N) is 1. The molecular weight excluding hydrogens is 506 g/mol. The zero-order chi connectivity index (χ0) is 27.1. The first-order valence-electron chi connectivity index (χ1n) is 13.6. The zero-order valence-electron chi connectivity index (χ0n) is 21.8. The van der Waals surface area contributed by atoms with Crippen LogP contribution in [0.15, 0.2) is 137 Å². The molecule has 192 valence electrons. The van der Waals surface area contributed by atoms with Crippen LogP contribution in [-0.2, 0) is 0 Å². The highest BCUT2D eigenvalue weighted by molar-refractivity contribution is 6.13. The van der Waals surface area contributed by atoms with Crippen LogP contribution < -0.4 is 10.2 Å². The van der Waals surface area contributed by atoms with Gasteiger partial charge >= 0.3 is 0 Å². The molecule has 1 aliphatic rings. The molecule has 6 aromatic carbocycles. The van der Waals surface area contributed by atoms with E-state index in [2.05, 4.69) is 65.2 Å². The number of para-hydroxylation sites is 4. The molecule has 0 bridgehead atoms. The average Bonchev–Trinajstić information content (AvgIpc) is 3.36. The highest BCUT2D eigenvalue weighted by atomic mass is 16.5. The van der Waals surface area contributed by atoms with Gasteiger partial charge in [-0.2, -0.15) is 0 Å². The van der Waals surface area contributed by atoms with E-state index in [-0.39, 0.29) is 5.43 Å². The molecule has 0 unspecified atom stereocenters. The topological polar surface area (TPSA) is 44.4 Å². The number of hydrogen-bond donors (Lipinski definition) is 0. The Labute approximate surface area is 234 Å². The zero-order valence-corrected chi connectivity index (χ0v) is 21.8. The minimum Gasteiger partial charge on any atom is -0.456 e. The maximum absolute atomic E-state index is 13.3. The molecule has 0 aliphatic carbocycles. The summed E-state index contributed by atoms with van der Waals surface area (Å²) in [4.78, 5) is 13.3. The maximum Gasteiger partial charge on any atom is 0.200 e. The normalized spacial score (nSPS) is 12.2. The SMILES string of the molecule is O=c1c2ccccc2oc2ccc(-c3cccc(-c4ccc5c(c4)c4cccc6c4n5-c4ccccc4O6)c3)cc12. The van der Waals surface area contributed by atoms with E-state index in [0.29, 0.717) is 21.9 Å². The molecule has 9 rings (SSSR count). The summed E-state index contributed by atoms with van der Waals surface area (Å²) in [7, 11) is 0. The molecule has 0 N–H and O–H groups in total. The molecule has 1 aliphatic heterocycles. The lowest BCUT2D eigenvalue weighted by molar-refractivity contribution is 0.476. The summed E-state index contributed by atoms with van der Waals surface area (Å²) in [6, 6.07) is 42.8. The number of aromatic nitrogens is 1. The van der Waals surface area contributed by atoms with Gasteiger partial charge in [0.25, 0.3) is 0 Å². The second kappa shape index (κ2) is 8.20. The van der Waals surface area contributed by atoms with Gasteiger partial charge in [0.15, 0.2) is 11.5 Å². The van der Waals surface area contributed by atoms with Gasteiger partial charge in [0.1, 0.15) is 11.2 Å². The maximum atomic E-state index is 13.3. The van der Waals surface area contributed by atoms with Gasteiger partial charge in [-0.1, -0.05) is 66.7 Å². The van der Waals surface area contributed by atoms with E-state index < -0.39 is 0 Å². The fraction of sp³-hybridized carbons (Fsp3) is 0. The quantitative estimate of drug-likeness (QED) is 0.210. The van der Waals surface area contributed by atoms with Gasteiger partial charge in [0.05, 0.1) is 27.5 Å². The molecule has 2 aromatic heterocycles. The van der Waals surface area contributed by atoms with Crippen molar-refractivity contribution in [1.29, 1.82) is 0 Å². The monoisotopic (exact) mass is 527 g/mol. The summed E-state index contributed by atoms with van der Waals surface area (Å²) >= 11 is 0. The molecule has 3 heterocycles. The van der Waals surface area contributed by atoms with E-state index in [1.807, 2.05) is 66.7 Å². The highest BCUT2D eigenvalue weighted by Crippen LogP contribution is 2.45. The van der Waals surface area contributed by atoms with Crippen LogP contribution >= 0.6 is 0 Å². The predicted octanol–water partition coefficient (Wildman–Crippen LogP) is 9.48. The van der Waals surface area contributed by atoms with Crippen LogP contribution in [0.25, 0.3) is 71.7 Å². The minimum atomic E-state index is -0.0102. The van der Waals surface area contributed by atoms with Crippen molar-refractivity contribution in [2.75, 3.05) is 0 Å². The molecule has 0 saturated heterocycles. The first-order valence-corrected chi connectivity index (χ1v) is 13.6. The van der Waals surface area contributed by atoms with Crippen molar-refractivity contribution in [2.45, 2.75) is 0 Å². The summed E-state index contributed by atoms with van der Waals surface area (Å²) < 4.78 is 14.6. The number of hydrogen-bond acceptors (Lipinski definition) is 3. The average molecular weight is 528 g/mol. The van der Waals surface area contributed by atoms with Crippen molar-refractivity contribution in [3.63, 3.8) is 0 Å². The summed E-state index contributed by atoms with van der Waals surface area (Å²) in [5, 5.41) is 3.53. The summed E-state index contributed by atoms with van der Waals surface area (Å²) in [5.74, 6) is 1.73. The van der Waals surface area contributed by atoms with Crippen molar-refractivity contribution in [3.05, 3.63) is 138 Å². The van der Waals surface area contributed by atoms with Crippen LogP contribution in [0.3, 0.4) is 0 Å². The van der Waals surface area contributed by atoms with Crippen LogP contribution in [0.2, 0.25) is 0 Å². The Morgan fingerprint density at radius 3 is 2.05 bits per heavy atom. The van der Waals surface area contributed by atoms with Gasteiger partial charge in [-0.05, 0) is 82.9 Å². The van der Waals surface area contributed by atoms with Crippen molar-refractivity contribution >= 4 is 43.7 Å². The Kier molecular flexibility index (Phi) is 4.44. The van der Waals surface area contributed by atoms with Crippen LogP contribution in [0.1, 0.15) is 0 Å². The Morgan fingerprint density at radius 1 is 0.488 bits per heavy atom. The van der Waals surface area contributed by atoms with Crippen molar-refractivity contribution < 1.29 is 9.15 Å². The highest BCUT2D eigenvalue weighted by Gasteiger charge is 2.23. The lowest BCUT2D eigenvalue weighted by Gasteiger charge is -2.20.